The maximum absolute atomic E-state index is 13.7. The second-order valence-corrected chi connectivity index (χ2v) is 9.72. The number of fused-ring (bicyclic) bond motifs is 3. The summed E-state index contributed by atoms with van der Waals surface area (Å²) in [5.74, 6) is 0.681. The Kier molecular flexibility index (Phi) is 7.08. The summed E-state index contributed by atoms with van der Waals surface area (Å²) in [4.78, 5) is 30.9. The number of benzene rings is 4. The molecule has 2 heterocycles. The molecule has 1 aliphatic heterocycles. The molecule has 41 heavy (non-hydrogen) atoms. The number of nitrogens with zero attached hydrogens (tertiary/aromatic N) is 3. The zero-order valence-corrected chi connectivity index (χ0v) is 22.9. The summed E-state index contributed by atoms with van der Waals surface area (Å²) < 4.78 is 13.9. The molecule has 1 amide bonds. The quantitative estimate of drug-likeness (QED) is 0.154. The average molecular weight is 544 g/mol. The number of aromatic nitrogens is 1. The van der Waals surface area contributed by atoms with E-state index in [0.29, 0.717) is 17.9 Å². The molecule has 0 radical (unpaired) electrons. The van der Waals surface area contributed by atoms with E-state index in [9.17, 15) is 9.59 Å². The molecule has 0 unspecified atom stereocenters. The molecule has 1 fully saturated rings. The lowest BCUT2D eigenvalue weighted by atomic mass is 10.1. The van der Waals surface area contributed by atoms with Crippen LogP contribution in [0.3, 0.4) is 0 Å². The van der Waals surface area contributed by atoms with Gasteiger partial charge in [-0.05, 0) is 85.6 Å². The number of aldehydes is 1. The highest BCUT2D eigenvalue weighted by Crippen LogP contribution is 2.31. The lowest BCUT2D eigenvalue weighted by molar-refractivity contribution is -0.123. The molecule has 0 atom stereocenters. The fourth-order valence-electron chi connectivity index (χ4n) is 5.16. The first-order chi connectivity index (χ1) is 20.1. The van der Waals surface area contributed by atoms with Gasteiger partial charge < -0.3 is 14.0 Å². The largest absolute Gasteiger partial charge is 0.494 e. The van der Waals surface area contributed by atoms with Gasteiger partial charge in [-0.3, -0.25) is 14.5 Å². The van der Waals surface area contributed by atoms with Gasteiger partial charge in [0.25, 0.3) is 5.91 Å². The van der Waals surface area contributed by atoms with Crippen LogP contribution in [0.5, 0.6) is 5.75 Å². The minimum Gasteiger partial charge on any atom is -0.494 e. The van der Waals surface area contributed by atoms with Crippen molar-refractivity contribution in [3.8, 4) is 5.75 Å². The van der Waals surface area contributed by atoms with Crippen LogP contribution in [0.4, 0.5) is 5.69 Å². The molecule has 0 spiro atoms. The van der Waals surface area contributed by atoms with Crippen molar-refractivity contribution in [2.45, 2.75) is 26.9 Å². The lowest BCUT2D eigenvalue weighted by Gasteiger charge is -2.14. The van der Waals surface area contributed by atoms with E-state index in [0.717, 1.165) is 40.6 Å². The first-order valence-corrected chi connectivity index (χ1v) is 13.7. The summed E-state index contributed by atoms with van der Waals surface area (Å²) in [6, 6.07) is 29.1. The van der Waals surface area contributed by atoms with Gasteiger partial charge in [0.1, 0.15) is 12.0 Å². The number of carbonyl (C=O) groups is 2. The molecule has 7 nitrogen and oxygen atoms in total. The van der Waals surface area contributed by atoms with Crippen LogP contribution in [-0.2, 0) is 22.6 Å². The molecule has 7 heteroatoms. The van der Waals surface area contributed by atoms with Gasteiger partial charge in [0, 0.05) is 33.9 Å². The van der Waals surface area contributed by atoms with E-state index in [1.807, 2.05) is 49.4 Å². The third-order valence-corrected chi connectivity index (χ3v) is 7.13. The van der Waals surface area contributed by atoms with E-state index < -0.39 is 0 Å². The Bertz CT molecular complexity index is 1820. The monoisotopic (exact) mass is 543 g/mol. The molecule has 0 bridgehead atoms. The number of hydrogen-bond acceptors (Lipinski definition) is 5. The Morgan fingerprint density at radius 3 is 2.32 bits per heavy atom. The van der Waals surface area contributed by atoms with Crippen molar-refractivity contribution in [1.29, 1.82) is 0 Å². The Balaban J connectivity index is 1.37. The maximum atomic E-state index is 13.7. The van der Waals surface area contributed by atoms with Gasteiger partial charge in [0.15, 0.2) is 5.76 Å². The molecule has 1 saturated heterocycles. The molecule has 204 valence electrons. The predicted octanol–water partition coefficient (Wildman–Crippen LogP) is 7.11. The summed E-state index contributed by atoms with van der Waals surface area (Å²) >= 11 is 0. The molecule has 0 N–H and O–H groups in total. The number of amides is 1. The van der Waals surface area contributed by atoms with Crippen molar-refractivity contribution in [3.63, 3.8) is 0 Å². The van der Waals surface area contributed by atoms with Crippen LogP contribution in [0, 0.1) is 0 Å². The average Bonchev–Trinajstić information content (AvgIpc) is 3.47. The van der Waals surface area contributed by atoms with Crippen molar-refractivity contribution in [2.75, 3.05) is 6.61 Å². The van der Waals surface area contributed by atoms with Gasteiger partial charge in [-0.1, -0.05) is 36.4 Å². The highest BCUT2D eigenvalue weighted by Gasteiger charge is 2.35. The molecule has 6 rings (SSSR count). The third-order valence-electron chi connectivity index (χ3n) is 7.13. The number of amidine groups is 1. The van der Waals surface area contributed by atoms with Crippen molar-refractivity contribution in [2.24, 2.45) is 4.99 Å². The van der Waals surface area contributed by atoms with Crippen LogP contribution in [0.1, 0.15) is 35.3 Å². The second-order valence-electron chi connectivity index (χ2n) is 9.72. The molecule has 1 aromatic heterocycles. The standard InChI is InChI=1S/C34H29N3O4/c1-3-36-30-8-6-5-7-28(30)29-19-25(13-18-31(29)36)20-32-33(39)37(21-23-11-16-27(17-12-23)40-4-2)34(41-32)35-26-14-9-24(22-38)10-15-26/h5-20,22H,3-4,21H2,1-2H3/b32-20+,35-34?. The smallest absolute Gasteiger partial charge is 0.305 e. The highest BCUT2D eigenvalue weighted by molar-refractivity contribution is 6.12. The molecule has 0 saturated carbocycles. The van der Waals surface area contributed by atoms with E-state index in [2.05, 4.69) is 40.7 Å². The van der Waals surface area contributed by atoms with E-state index in [-0.39, 0.29) is 24.2 Å². The van der Waals surface area contributed by atoms with Gasteiger partial charge in [-0.15, -0.1) is 0 Å². The fraction of sp³-hybridized carbons (Fsp3) is 0.147. The summed E-state index contributed by atoms with van der Waals surface area (Å²) in [7, 11) is 0. The van der Waals surface area contributed by atoms with Gasteiger partial charge in [-0.25, -0.2) is 0 Å². The Morgan fingerprint density at radius 2 is 1.59 bits per heavy atom. The second kappa shape index (κ2) is 11.1. The van der Waals surface area contributed by atoms with Gasteiger partial charge in [0.2, 0.25) is 0 Å². The minimum absolute atomic E-state index is 0.178. The summed E-state index contributed by atoms with van der Waals surface area (Å²) in [5.41, 5.74) is 5.21. The van der Waals surface area contributed by atoms with Crippen LogP contribution >= 0.6 is 0 Å². The van der Waals surface area contributed by atoms with Crippen LogP contribution in [0.25, 0.3) is 27.9 Å². The van der Waals surface area contributed by atoms with Crippen LogP contribution < -0.4 is 4.74 Å². The normalized spacial score (nSPS) is 15.3. The fourth-order valence-corrected chi connectivity index (χ4v) is 5.16. The van der Waals surface area contributed by atoms with E-state index in [1.165, 1.54) is 15.8 Å². The van der Waals surface area contributed by atoms with Gasteiger partial charge in [-0.2, -0.15) is 4.99 Å². The Hall–Kier alpha value is -5.17. The lowest BCUT2D eigenvalue weighted by Crippen LogP contribution is -2.29. The number of ether oxygens (including phenoxy) is 2. The molecule has 1 aliphatic rings. The SMILES string of the molecule is CCOc1ccc(CN2C(=O)/C(=C\c3ccc4c(c3)c3ccccc3n4CC)OC2=Nc2ccc(C=O)cc2)cc1. The number of para-hydroxylation sites is 1. The van der Waals surface area contributed by atoms with Crippen molar-refractivity contribution >= 4 is 51.8 Å². The number of rotatable bonds is 8. The Morgan fingerprint density at radius 1 is 0.854 bits per heavy atom. The topological polar surface area (TPSA) is 73.1 Å². The molecular weight excluding hydrogens is 514 g/mol. The molecule has 4 aromatic carbocycles. The predicted molar refractivity (Wildman–Crippen MR) is 161 cm³/mol. The molecule has 0 aliphatic carbocycles. The van der Waals surface area contributed by atoms with E-state index in [4.69, 9.17) is 9.47 Å². The third kappa shape index (κ3) is 5.10. The van der Waals surface area contributed by atoms with Crippen LogP contribution in [-0.4, -0.2) is 34.3 Å². The molecular formula is C34H29N3O4. The van der Waals surface area contributed by atoms with Crippen LogP contribution in [0.15, 0.2) is 102 Å². The number of aryl methyl sites for hydroxylation is 1. The highest BCUT2D eigenvalue weighted by atomic mass is 16.5. The van der Waals surface area contributed by atoms with Crippen molar-refractivity contribution < 1.29 is 19.1 Å². The Labute approximate surface area is 237 Å². The van der Waals surface area contributed by atoms with Gasteiger partial charge >= 0.3 is 6.02 Å². The summed E-state index contributed by atoms with van der Waals surface area (Å²) in [6.07, 6.45) is 2.54. The minimum atomic E-state index is -0.279. The van der Waals surface area contributed by atoms with E-state index >= 15 is 0 Å². The van der Waals surface area contributed by atoms with E-state index in [1.54, 1.807) is 30.3 Å². The first kappa shape index (κ1) is 26.1. The molecule has 5 aromatic rings. The first-order valence-electron chi connectivity index (χ1n) is 13.7. The number of aliphatic imine (C=N–C) groups is 1. The van der Waals surface area contributed by atoms with Crippen molar-refractivity contribution in [1.82, 2.24) is 9.47 Å². The zero-order chi connectivity index (χ0) is 28.3. The van der Waals surface area contributed by atoms with Crippen molar-refractivity contribution in [3.05, 3.63) is 113 Å². The number of hydrogen-bond donors (Lipinski definition) is 0. The van der Waals surface area contributed by atoms with Gasteiger partial charge in [0.05, 0.1) is 18.8 Å². The van der Waals surface area contributed by atoms with Crippen LogP contribution in [0.2, 0.25) is 0 Å². The summed E-state index contributed by atoms with van der Waals surface area (Å²) in [6.45, 7) is 5.79. The maximum Gasteiger partial charge on any atom is 0.305 e. The summed E-state index contributed by atoms with van der Waals surface area (Å²) in [5, 5.41) is 2.29. The number of carbonyl (C=O) groups excluding carboxylic acids is 2. The zero-order valence-electron chi connectivity index (χ0n) is 22.9.